The number of carbonyl (C=O) groups is 1. The van der Waals surface area contributed by atoms with Gasteiger partial charge in [-0.05, 0) is 35.9 Å². The molecule has 150 valence electrons. The molecule has 0 bridgehead atoms. The highest BCUT2D eigenvalue weighted by molar-refractivity contribution is 7.89. The second kappa shape index (κ2) is 8.07. The van der Waals surface area contributed by atoms with E-state index in [1.54, 1.807) is 18.2 Å². The van der Waals surface area contributed by atoms with E-state index in [4.69, 9.17) is 14.2 Å². The van der Waals surface area contributed by atoms with E-state index < -0.39 is 10.0 Å². The van der Waals surface area contributed by atoms with E-state index in [2.05, 4.69) is 5.32 Å². The summed E-state index contributed by atoms with van der Waals surface area (Å²) >= 11 is 0. The van der Waals surface area contributed by atoms with Crippen LogP contribution in [-0.4, -0.2) is 46.0 Å². The Balaban J connectivity index is 1.84. The summed E-state index contributed by atoms with van der Waals surface area (Å²) in [6.07, 6.45) is 0. The van der Waals surface area contributed by atoms with E-state index in [0.717, 1.165) is 5.56 Å². The van der Waals surface area contributed by atoms with Crippen molar-refractivity contribution in [3.63, 3.8) is 0 Å². The Labute approximate surface area is 164 Å². The quantitative estimate of drug-likeness (QED) is 0.791. The van der Waals surface area contributed by atoms with Crippen molar-refractivity contribution in [3.8, 4) is 17.2 Å². The van der Waals surface area contributed by atoms with Crippen LogP contribution in [0, 0.1) is 0 Å². The van der Waals surface area contributed by atoms with Crippen molar-refractivity contribution in [2.45, 2.75) is 18.4 Å². The van der Waals surface area contributed by atoms with Crippen LogP contribution in [0.3, 0.4) is 0 Å². The van der Waals surface area contributed by atoms with Gasteiger partial charge in [0.1, 0.15) is 19.0 Å². The van der Waals surface area contributed by atoms with Crippen molar-refractivity contribution in [1.29, 1.82) is 0 Å². The number of hydrogen-bond acceptors (Lipinski definition) is 6. The number of fused-ring (bicyclic) bond motifs is 1. The van der Waals surface area contributed by atoms with Crippen LogP contribution >= 0.6 is 0 Å². The van der Waals surface area contributed by atoms with Crippen LogP contribution in [0.1, 0.15) is 12.5 Å². The highest BCUT2D eigenvalue weighted by Gasteiger charge is 2.23. The molecule has 28 heavy (non-hydrogen) atoms. The van der Waals surface area contributed by atoms with Gasteiger partial charge < -0.3 is 19.5 Å². The number of benzene rings is 2. The Hall–Kier alpha value is -2.78. The number of methoxy groups -OCH3 is 1. The first-order valence-electron chi connectivity index (χ1n) is 8.62. The molecule has 0 aromatic heterocycles. The lowest BCUT2D eigenvalue weighted by Gasteiger charge is -2.21. The van der Waals surface area contributed by atoms with Crippen molar-refractivity contribution in [2.24, 2.45) is 0 Å². The Morgan fingerprint density at radius 3 is 2.54 bits per heavy atom. The third-order valence-corrected chi connectivity index (χ3v) is 6.00. The molecular weight excluding hydrogens is 384 g/mol. The molecule has 0 atom stereocenters. The lowest BCUT2D eigenvalue weighted by molar-refractivity contribution is -0.114. The Bertz CT molecular complexity index is 990. The van der Waals surface area contributed by atoms with Crippen molar-refractivity contribution < 1.29 is 27.4 Å². The fourth-order valence-corrected chi connectivity index (χ4v) is 4.03. The van der Waals surface area contributed by atoms with Gasteiger partial charge in [-0.2, -0.15) is 4.31 Å². The smallest absolute Gasteiger partial charge is 0.243 e. The van der Waals surface area contributed by atoms with Gasteiger partial charge in [0, 0.05) is 20.5 Å². The Morgan fingerprint density at radius 1 is 1.14 bits per heavy atom. The molecular formula is C19H22N2O6S. The first kappa shape index (κ1) is 20.0. The summed E-state index contributed by atoms with van der Waals surface area (Å²) in [6, 6.07) is 9.69. The monoisotopic (exact) mass is 406 g/mol. The second-order valence-corrected chi connectivity index (χ2v) is 8.33. The summed E-state index contributed by atoms with van der Waals surface area (Å²) in [7, 11) is -0.846. The normalized spacial score (nSPS) is 13.3. The summed E-state index contributed by atoms with van der Waals surface area (Å²) in [5.74, 6) is 1.31. The van der Waals surface area contributed by atoms with Gasteiger partial charge in [-0.1, -0.05) is 6.07 Å². The van der Waals surface area contributed by atoms with Crippen molar-refractivity contribution in [1.82, 2.24) is 4.31 Å². The zero-order valence-corrected chi connectivity index (χ0v) is 16.7. The number of carbonyl (C=O) groups excluding carboxylic acids is 1. The maximum Gasteiger partial charge on any atom is 0.243 e. The number of sulfonamides is 1. The fourth-order valence-electron chi connectivity index (χ4n) is 2.84. The average Bonchev–Trinajstić information content (AvgIpc) is 2.67. The number of amides is 1. The molecule has 1 N–H and O–H groups in total. The number of nitrogens with one attached hydrogen (secondary N) is 1. The summed E-state index contributed by atoms with van der Waals surface area (Å²) in [4.78, 5) is 11.4. The number of ether oxygens (including phenoxy) is 3. The molecule has 0 unspecified atom stereocenters. The van der Waals surface area contributed by atoms with Crippen LogP contribution in [0.2, 0.25) is 0 Å². The SMILES string of the molecule is COc1ccc(S(=O)(=O)N(C)Cc2ccc3c(c2)OCCO3)cc1NC(C)=O. The van der Waals surface area contributed by atoms with Gasteiger partial charge in [-0.15, -0.1) is 0 Å². The molecule has 0 radical (unpaired) electrons. The van der Waals surface area contributed by atoms with Gasteiger partial charge in [0.15, 0.2) is 11.5 Å². The van der Waals surface area contributed by atoms with Crippen LogP contribution in [0.5, 0.6) is 17.2 Å². The predicted octanol–water partition coefficient (Wildman–Crippen LogP) is 2.25. The largest absolute Gasteiger partial charge is 0.495 e. The van der Waals surface area contributed by atoms with Gasteiger partial charge in [0.2, 0.25) is 15.9 Å². The van der Waals surface area contributed by atoms with Gasteiger partial charge in [0.25, 0.3) is 0 Å². The number of anilines is 1. The average molecular weight is 406 g/mol. The lowest BCUT2D eigenvalue weighted by atomic mass is 10.2. The third kappa shape index (κ3) is 4.20. The minimum atomic E-state index is -3.79. The number of nitrogens with zero attached hydrogens (tertiary/aromatic N) is 1. The molecule has 0 saturated heterocycles. The zero-order chi connectivity index (χ0) is 20.3. The summed E-state index contributed by atoms with van der Waals surface area (Å²) in [5.41, 5.74) is 1.06. The Morgan fingerprint density at radius 2 is 1.86 bits per heavy atom. The molecule has 2 aromatic carbocycles. The molecule has 1 heterocycles. The molecule has 0 aliphatic carbocycles. The summed E-state index contributed by atoms with van der Waals surface area (Å²) in [6.45, 7) is 2.45. The topological polar surface area (TPSA) is 94.2 Å². The van der Waals surface area contributed by atoms with Gasteiger partial charge in [0.05, 0.1) is 17.7 Å². The van der Waals surface area contributed by atoms with E-state index in [1.807, 2.05) is 0 Å². The second-order valence-electron chi connectivity index (χ2n) is 6.28. The molecule has 8 nitrogen and oxygen atoms in total. The molecule has 1 aliphatic rings. The molecule has 0 spiro atoms. The van der Waals surface area contributed by atoms with E-state index in [-0.39, 0.29) is 17.3 Å². The molecule has 3 rings (SSSR count). The van der Waals surface area contributed by atoms with Gasteiger partial charge in [-0.25, -0.2) is 8.42 Å². The molecule has 0 saturated carbocycles. The molecule has 2 aromatic rings. The maximum absolute atomic E-state index is 13.0. The highest BCUT2D eigenvalue weighted by Crippen LogP contribution is 2.32. The standard InChI is InChI=1S/C19H22N2O6S/c1-13(22)20-16-11-15(5-7-17(16)25-3)28(23,24)21(2)12-14-4-6-18-19(10-14)27-9-8-26-18/h4-7,10-11H,8-9,12H2,1-3H3,(H,20,22). The molecule has 1 amide bonds. The number of rotatable bonds is 6. The first-order valence-corrected chi connectivity index (χ1v) is 10.1. The molecule has 1 aliphatic heterocycles. The minimum absolute atomic E-state index is 0.0529. The number of hydrogen-bond donors (Lipinski definition) is 1. The predicted molar refractivity (Wildman–Crippen MR) is 103 cm³/mol. The zero-order valence-electron chi connectivity index (χ0n) is 15.9. The molecule has 0 fully saturated rings. The van der Waals surface area contributed by atoms with E-state index in [9.17, 15) is 13.2 Å². The summed E-state index contributed by atoms with van der Waals surface area (Å²) < 4.78 is 43.4. The Kier molecular flexibility index (Phi) is 5.76. The molecule has 9 heteroatoms. The maximum atomic E-state index is 13.0. The van der Waals surface area contributed by atoms with Crippen molar-refractivity contribution >= 4 is 21.6 Å². The van der Waals surface area contributed by atoms with Crippen LogP contribution < -0.4 is 19.5 Å². The lowest BCUT2D eigenvalue weighted by Crippen LogP contribution is -2.27. The highest BCUT2D eigenvalue weighted by atomic mass is 32.2. The van der Waals surface area contributed by atoms with Gasteiger partial charge in [-0.3, -0.25) is 4.79 Å². The van der Waals surface area contributed by atoms with Crippen LogP contribution in [-0.2, 0) is 21.4 Å². The minimum Gasteiger partial charge on any atom is -0.495 e. The van der Waals surface area contributed by atoms with Crippen molar-refractivity contribution in [3.05, 3.63) is 42.0 Å². The third-order valence-electron chi connectivity index (χ3n) is 4.20. The summed E-state index contributed by atoms with van der Waals surface area (Å²) in [5, 5.41) is 2.58. The first-order chi connectivity index (χ1) is 13.3. The van der Waals surface area contributed by atoms with Crippen LogP contribution in [0.25, 0.3) is 0 Å². The van der Waals surface area contributed by atoms with E-state index >= 15 is 0 Å². The van der Waals surface area contributed by atoms with E-state index in [1.165, 1.54) is 43.6 Å². The van der Waals surface area contributed by atoms with E-state index in [0.29, 0.717) is 36.1 Å². The van der Waals surface area contributed by atoms with Crippen LogP contribution in [0.4, 0.5) is 5.69 Å². The fraction of sp³-hybridized carbons (Fsp3) is 0.316. The van der Waals surface area contributed by atoms with Gasteiger partial charge >= 0.3 is 0 Å². The van der Waals surface area contributed by atoms with Crippen molar-refractivity contribution in [2.75, 3.05) is 32.7 Å². The van der Waals surface area contributed by atoms with Crippen LogP contribution in [0.15, 0.2) is 41.3 Å².